The van der Waals surface area contributed by atoms with E-state index in [1.54, 1.807) is 4.57 Å². The molecule has 10 nitrogen and oxygen atoms in total. The Labute approximate surface area is 154 Å². The Bertz CT molecular complexity index is 1030. The fourth-order valence-corrected chi connectivity index (χ4v) is 3.16. The molecule has 11 heteroatoms. The van der Waals surface area contributed by atoms with Crippen molar-refractivity contribution in [3.8, 4) is 0 Å². The summed E-state index contributed by atoms with van der Waals surface area (Å²) >= 11 is 0. The third kappa shape index (κ3) is 5.01. The number of aryl methyl sites for hydroxylation is 1. The molecule has 0 spiro atoms. The molecule has 0 saturated carbocycles. The SMILES string of the molecule is Cc1ccc(COP(=O)(O)COCCn2cnc3c(=O)[nH]c(N)nc32)cc1. The molecule has 2 aromatic heterocycles. The van der Waals surface area contributed by atoms with Crippen LogP contribution in [0.3, 0.4) is 0 Å². The van der Waals surface area contributed by atoms with Gasteiger partial charge in [-0.2, -0.15) is 4.98 Å². The van der Waals surface area contributed by atoms with E-state index in [0.717, 1.165) is 11.1 Å². The normalized spacial score (nSPS) is 13.7. The molecule has 0 radical (unpaired) electrons. The zero-order valence-electron chi connectivity index (χ0n) is 14.7. The molecule has 3 rings (SSSR count). The number of rotatable bonds is 8. The fourth-order valence-electron chi connectivity index (χ4n) is 2.37. The summed E-state index contributed by atoms with van der Waals surface area (Å²) in [6.45, 7) is 2.37. The summed E-state index contributed by atoms with van der Waals surface area (Å²) in [5.41, 5.74) is 7.48. The van der Waals surface area contributed by atoms with E-state index >= 15 is 0 Å². The highest BCUT2D eigenvalue weighted by atomic mass is 31.2. The second-order valence-electron chi connectivity index (χ2n) is 6.00. The molecule has 1 unspecified atom stereocenters. The van der Waals surface area contributed by atoms with Gasteiger partial charge in [-0.15, -0.1) is 0 Å². The van der Waals surface area contributed by atoms with Crippen LogP contribution in [0.4, 0.5) is 5.95 Å². The van der Waals surface area contributed by atoms with Crippen molar-refractivity contribution in [3.63, 3.8) is 0 Å². The molecule has 0 bridgehead atoms. The molecule has 0 aliphatic heterocycles. The average Bonchev–Trinajstić information content (AvgIpc) is 3.01. The lowest BCUT2D eigenvalue weighted by atomic mass is 10.2. The maximum absolute atomic E-state index is 12.0. The summed E-state index contributed by atoms with van der Waals surface area (Å²) in [5, 5.41) is 0. The van der Waals surface area contributed by atoms with E-state index in [4.69, 9.17) is 15.0 Å². The van der Waals surface area contributed by atoms with Crippen LogP contribution in [0.1, 0.15) is 11.1 Å². The zero-order chi connectivity index (χ0) is 19.4. The third-order valence-electron chi connectivity index (χ3n) is 3.78. The van der Waals surface area contributed by atoms with Crippen LogP contribution in [0.2, 0.25) is 0 Å². The van der Waals surface area contributed by atoms with Crippen molar-refractivity contribution in [2.24, 2.45) is 0 Å². The van der Waals surface area contributed by atoms with Crippen molar-refractivity contribution in [1.29, 1.82) is 0 Å². The van der Waals surface area contributed by atoms with Gasteiger partial charge >= 0.3 is 7.60 Å². The van der Waals surface area contributed by atoms with Gasteiger partial charge in [-0.3, -0.25) is 14.3 Å². The Morgan fingerprint density at radius 2 is 2.07 bits per heavy atom. The number of fused-ring (bicyclic) bond motifs is 1. The van der Waals surface area contributed by atoms with E-state index < -0.39 is 19.5 Å². The first-order valence-electron chi connectivity index (χ1n) is 8.14. The minimum Gasteiger partial charge on any atom is -0.369 e. The van der Waals surface area contributed by atoms with Crippen LogP contribution in [-0.4, -0.2) is 37.4 Å². The van der Waals surface area contributed by atoms with Gasteiger partial charge in [0.25, 0.3) is 5.56 Å². The van der Waals surface area contributed by atoms with Gasteiger partial charge in [-0.1, -0.05) is 29.8 Å². The number of nitrogens with zero attached hydrogens (tertiary/aromatic N) is 3. The first-order chi connectivity index (χ1) is 12.8. The quantitative estimate of drug-likeness (QED) is 0.384. The smallest absolute Gasteiger partial charge is 0.353 e. The number of imidazole rings is 1. The largest absolute Gasteiger partial charge is 0.369 e. The number of aromatic nitrogens is 4. The first-order valence-corrected chi connectivity index (χ1v) is 9.90. The van der Waals surface area contributed by atoms with Crippen LogP contribution in [0.5, 0.6) is 0 Å². The number of H-pyrrole nitrogens is 1. The number of ether oxygens (including phenoxy) is 1. The van der Waals surface area contributed by atoms with E-state index in [9.17, 15) is 14.3 Å². The van der Waals surface area contributed by atoms with E-state index in [-0.39, 0.29) is 31.2 Å². The molecule has 0 aliphatic carbocycles. The van der Waals surface area contributed by atoms with Gasteiger partial charge in [0.2, 0.25) is 5.95 Å². The second-order valence-corrected chi connectivity index (χ2v) is 7.79. The lowest BCUT2D eigenvalue weighted by molar-refractivity contribution is 0.136. The van der Waals surface area contributed by atoms with Crippen LogP contribution in [-0.2, 0) is 27.0 Å². The summed E-state index contributed by atoms with van der Waals surface area (Å²) in [6, 6.07) is 7.47. The highest BCUT2D eigenvalue weighted by Gasteiger charge is 2.20. The molecule has 4 N–H and O–H groups in total. The van der Waals surface area contributed by atoms with Crippen LogP contribution in [0, 0.1) is 6.92 Å². The van der Waals surface area contributed by atoms with E-state index in [0.29, 0.717) is 5.65 Å². The van der Waals surface area contributed by atoms with Crippen LogP contribution in [0.15, 0.2) is 35.4 Å². The van der Waals surface area contributed by atoms with Crippen molar-refractivity contribution in [3.05, 3.63) is 52.1 Å². The Hall–Kier alpha value is -2.52. The van der Waals surface area contributed by atoms with Crippen LogP contribution in [0.25, 0.3) is 11.2 Å². The van der Waals surface area contributed by atoms with E-state index in [2.05, 4.69) is 15.0 Å². The molecule has 0 saturated heterocycles. The summed E-state index contributed by atoms with van der Waals surface area (Å²) in [4.78, 5) is 31.9. The maximum atomic E-state index is 12.0. The van der Waals surface area contributed by atoms with Crippen molar-refractivity contribution in [2.45, 2.75) is 20.1 Å². The molecule has 144 valence electrons. The van der Waals surface area contributed by atoms with Gasteiger partial charge in [0.05, 0.1) is 19.5 Å². The molecule has 1 atom stereocenters. The highest BCUT2D eigenvalue weighted by molar-refractivity contribution is 7.52. The van der Waals surface area contributed by atoms with Crippen molar-refractivity contribution in [1.82, 2.24) is 19.5 Å². The number of nitrogens with one attached hydrogen (secondary N) is 1. The summed E-state index contributed by atoms with van der Waals surface area (Å²) < 4.78 is 24.0. The molecular weight excluding hydrogens is 373 g/mol. The Morgan fingerprint density at radius 1 is 1.33 bits per heavy atom. The lowest BCUT2D eigenvalue weighted by Crippen LogP contribution is -2.13. The van der Waals surface area contributed by atoms with Crippen molar-refractivity contribution in [2.75, 3.05) is 18.7 Å². The van der Waals surface area contributed by atoms with E-state index in [1.165, 1.54) is 6.33 Å². The van der Waals surface area contributed by atoms with Gasteiger partial charge < -0.3 is 24.5 Å². The van der Waals surface area contributed by atoms with Gasteiger partial charge in [0.15, 0.2) is 11.2 Å². The van der Waals surface area contributed by atoms with E-state index in [1.807, 2.05) is 31.2 Å². The average molecular weight is 393 g/mol. The summed E-state index contributed by atoms with van der Waals surface area (Å²) in [6.07, 6.45) is 0.990. The topological polar surface area (TPSA) is 145 Å². The molecule has 2 heterocycles. The Kier molecular flexibility index (Phi) is 5.71. The van der Waals surface area contributed by atoms with Gasteiger partial charge in [0, 0.05) is 6.54 Å². The Balaban J connectivity index is 1.50. The van der Waals surface area contributed by atoms with Gasteiger partial charge in [-0.05, 0) is 12.5 Å². The molecular formula is C16H20N5O5P. The summed E-state index contributed by atoms with van der Waals surface area (Å²) in [5.74, 6) is -0.0143. The molecule has 1 aromatic carbocycles. The fraction of sp³-hybridized carbons (Fsp3) is 0.312. The zero-order valence-corrected chi connectivity index (χ0v) is 15.6. The minimum atomic E-state index is -3.88. The number of nitrogen functional groups attached to an aromatic ring is 1. The predicted octanol–water partition coefficient (Wildman–Crippen LogP) is 1.39. The third-order valence-corrected chi connectivity index (χ3v) is 4.82. The minimum absolute atomic E-state index is 0.0143. The van der Waals surface area contributed by atoms with Crippen LogP contribution >= 0.6 is 7.60 Å². The number of aromatic amines is 1. The van der Waals surface area contributed by atoms with Gasteiger partial charge in [-0.25, -0.2) is 4.98 Å². The monoisotopic (exact) mass is 393 g/mol. The predicted molar refractivity (Wildman–Crippen MR) is 99.2 cm³/mol. The van der Waals surface area contributed by atoms with Crippen molar-refractivity contribution < 1.29 is 18.7 Å². The summed E-state index contributed by atoms with van der Waals surface area (Å²) in [7, 11) is -3.88. The number of benzene rings is 1. The number of nitrogens with two attached hydrogens (primary N) is 1. The molecule has 0 aliphatic rings. The standard InChI is InChI=1S/C16H20N5O5P/c1-11-2-4-12(5-3-11)8-26-27(23,24)10-25-7-6-21-9-18-13-14(21)19-16(17)20-15(13)22/h2-5,9H,6-8,10H2,1H3,(H,23,24)(H3,17,19,20,22). The molecule has 3 aromatic rings. The maximum Gasteiger partial charge on any atom is 0.353 e. The van der Waals surface area contributed by atoms with Crippen LogP contribution < -0.4 is 11.3 Å². The second kappa shape index (κ2) is 8.01. The van der Waals surface area contributed by atoms with Gasteiger partial charge in [0.1, 0.15) is 6.35 Å². The van der Waals surface area contributed by atoms with Crippen molar-refractivity contribution >= 4 is 24.7 Å². The molecule has 0 fully saturated rings. The molecule has 0 amide bonds. The molecule has 27 heavy (non-hydrogen) atoms. The number of hydrogen-bond acceptors (Lipinski definition) is 7. The lowest BCUT2D eigenvalue weighted by Gasteiger charge is -2.13. The number of anilines is 1. The first kappa shape index (κ1) is 19.2. The number of hydrogen-bond donors (Lipinski definition) is 3. The Morgan fingerprint density at radius 3 is 2.81 bits per heavy atom. The highest BCUT2D eigenvalue weighted by Crippen LogP contribution is 2.42.